The summed E-state index contributed by atoms with van der Waals surface area (Å²) in [5.41, 5.74) is 0. The first kappa shape index (κ1) is 22.7. The van der Waals surface area contributed by atoms with E-state index >= 15 is 0 Å². The van der Waals surface area contributed by atoms with Crippen molar-refractivity contribution < 1.29 is 42.1 Å². The van der Waals surface area contributed by atoms with Gasteiger partial charge in [-0.2, -0.15) is 0 Å². The summed E-state index contributed by atoms with van der Waals surface area (Å²) in [6.07, 6.45) is 2.59. The van der Waals surface area contributed by atoms with Gasteiger partial charge < -0.3 is 24.9 Å². The van der Waals surface area contributed by atoms with Crippen molar-refractivity contribution in [2.45, 2.75) is 55.9 Å². The van der Waals surface area contributed by atoms with Crippen molar-refractivity contribution in [2.75, 3.05) is 13.2 Å². The van der Waals surface area contributed by atoms with Crippen molar-refractivity contribution in [1.82, 2.24) is 20.1 Å². The topological polar surface area (TPSA) is 172 Å². The van der Waals surface area contributed by atoms with Crippen molar-refractivity contribution >= 4 is 33.6 Å². The van der Waals surface area contributed by atoms with Gasteiger partial charge in [-0.1, -0.05) is 0 Å². The van der Waals surface area contributed by atoms with Crippen LogP contribution in [0.5, 0.6) is 0 Å². The predicted molar refractivity (Wildman–Crippen MR) is 98.1 cm³/mol. The number of nitrogens with zero attached hydrogens (tertiary/aromatic N) is 4. The molecule has 0 aliphatic carbocycles. The van der Waals surface area contributed by atoms with E-state index in [1.807, 2.05) is 0 Å². The van der Waals surface area contributed by atoms with E-state index in [1.54, 1.807) is 6.92 Å². The van der Waals surface area contributed by atoms with E-state index < -0.39 is 49.8 Å². The minimum atomic E-state index is -4.00. The number of nitrogens with one attached hydrogen (secondary N) is 1. The van der Waals surface area contributed by atoms with Crippen LogP contribution in [-0.4, -0.2) is 76.3 Å². The number of hydrogen-bond acceptors (Lipinski definition) is 9. The minimum Gasteiger partial charge on any atom is -0.548 e. The molecular formula is C17H23N5O8S. The van der Waals surface area contributed by atoms with E-state index in [4.69, 9.17) is 4.74 Å². The molecule has 2 aliphatic rings. The summed E-state index contributed by atoms with van der Waals surface area (Å²) in [6.45, 7) is 2.73. The van der Waals surface area contributed by atoms with Gasteiger partial charge in [0, 0.05) is 6.54 Å². The number of sulfone groups is 1. The zero-order valence-corrected chi connectivity index (χ0v) is 17.8. The second-order valence-corrected chi connectivity index (χ2v) is 10.1. The molecule has 0 saturated carbocycles. The second-order valence-electron chi connectivity index (χ2n) is 7.53. The summed E-state index contributed by atoms with van der Waals surface area (Å²) in [6, 6.07) is -1.63. The van der Waals surface area contributed by atoms with Crippen LogP contribution >= 0.6 is 0 Å². The minimum absolute atomic E-state index is 0.0237. The summed E-state index contributed by atoms with van der Waals surface area (Å²) >= 11 is 0. The third kappa shape index (κ3) is 3.98. The summed E-state index contributed by atoms with van der Waals surface area (Å²) < 4.78 is 31.2. The molecule has 2 amide bonds. The predicted octanol–water partition coefficient (Wildman–Crippen LogP) is -3.90. The number of aliphatic carboxylic acids is 1. The van der Waals surface area contributed by atoms with Crippen molar-refractivity contribution in [2.24, 2.45) is 0 Å². The van der Waals surface area contributed by atoms with E-state index in [1.165, 1.54) is 28.7 Å². The lowest BCUT2D eigenvalue weighted by Crippen LogP contribution is -2.61. The third-order valence-electron chi connectivity index (χ3n) is 5.41. The number of carboxylic acids is 1. The van der Waals surface area contributed by atoms with Crippen LogP contribution < -0.4 is 15.1 Å². The number of carboxylic acid groups (broad SMARTS) is 1. The van der Waals surface area contributed by atoms with Crippen LogP contribution in [0.3, 0.4) is 0 Å². The molecule has 170 valence electrons. The Morgan fingerprint density at radius 3 is 2.74 bits per heavy atom. The molecule has 3 heterocycles. The van der Waals surface area contributed by atoms with Crippen LogP contribution in [0, 0.1) is 0 Å². The summed E-state index contributed by atoms with van der Waals surface area (Å²) in [5.74, 6) is -3.07. The molecule has 2 aliphatic heterocycles. The van der Waals surface area contributed by atoms with Crippen LogP contribution in [0.25, 0.3) is 0 Å². The van der Waals surface area contributed by atoms with Gasteiger partial charge in [-0.3, -0.25) is 14.4 Å². The Labute approximate surface area is 177 Å². The molecule has 3 rings (SSSR count). The molecule has 0 radical (unpaired) electrons. The molecule has 2 fully saturated rings. The van der Waals surface area contributed by atoms with Crippen molar-refractivity contribution in [3.8, 4) is 0 Å². The number of β-lactam (4-membered cyclic amide) rings is 1. The molecule has 0 aromatic carbocycles. The molecule has 31 heavy (non-hydrogen) atoms. The third-order valence-corrected chi connectivity index (χ3v) is 8.18. The first-order valence-corrected chi connectivity index (χ1v) is 11.2. The van der Waals surface area contributed by atoms with Crippen LogP contribution in [0.2, 0.25) is 0 Å². The van der Waals surface area contributed by atoms with Gasteiger partial charge in [0.2, 0.25) is 5.91 Å². The first-order chi connectivity index (χ1) is 14.5. The van der Waals surface area contributed by atoms with Crippen LogP contribution in [0.1, 0.15) is 26.7 Å². The lowest BCUT2D eigenvalue weighted by molar-refractivity contribution is -0.743. The highest BCUT2D eigenvalue weighted by atomic mass is 32.2. The maximum absolute atomic E-state index is 12.9. The monoisotopic (exact) mass is 457 g/mol. The Morgan fingerprint density at radius 1 is 1.42 bits per heavy atom. The number of ether oxygens (including phenoxy) is 1. The second kappa shape index (κ2) is 8.24. The Kier molecular flexibility index (Phi) is 6.02. The molecule has 1 unspecified atom stereocenters. The number of carbonyl (C=O) groups excluding carboxylic acids is 4. The summed E-state index contributed by atoms with van der Waals surface area (Å²) in [4.78, 5) is 47.6. The van der Waals surface area contributed by atoms with Gasteiger partial charge in [0.15, 0.2) is 28.8 Å². The van der Waals surface area contributed by atoms with Crippen LogP contribution in [-0.2, 0) is 46.8 Å². The maximum atomic E-state index is 12.9. The lowest BCUT2D eigenvalue weighted by Gasteiger charge is -2.38. The lowest BCUT2D eigenvalue weighted by atomic mass is 9.96. The number of fused-ring (bicyclic) bond motifs is 1. The molecule has 14 heteroatoms. The van der Waals surface area contributed by atoms with Gasteiger partial charge >= 0.3 is 5.97 Å². The first-order valence-electron chi connectivity index (χ1n) is 9.62. The average Bonchev–Trinajstić information content (AvgIpc) is 3.14. The van der Waals surface area contributed by atoms with Crippen molar-refractivity contribution in [3.63, 3.8) is 0 Å². The van der Waals surface area contributed by atoms with E-state index in [0.717, 1.165) is 4.90 Å². The highest BCUT2D eigenvalue weighted by Gasteiger charge is 2.69. The van der Waals surface area contributed by atoms with Gasteiger partial charge in [-0.05, 0) is 13.8 Å². The van der Waals surface area contributed by atoms with Gasteiger partial charge in [0.1, 0.15) is 16.7 Å². The van der Waals surface area contributed by atoms with E-state index in [2.05, 4.69) is 10.5 Å². The zero-order valence-electron chi connectivity index (χ0n) is 17.0. The Morgan fingerprint density at radius 2 is 2.13 bits per heavy atom. The molecule has 13 nitrogen and oxygen atoms in total. The molecule has 1 aromatic heterocycles. The molecule has 3 atom stereocenters. The molecule has 1 N–H and O–H groups in total. The number of amides is 2. The zero-order chi connectivity index (χ0) is 23.0. The normalized spacial score (nSPS) is 26.1. The fourth-order valence-electron chi connectivity index (χ4n) is 3.86. The van der Waals surface area contributed by atoms with Gasteiger partial charge in [0.25, 0.3) is 5.91 Å². The largest absolute Gasteiger partial charge is 0.548 e. The molecule has 0 spiro atoms. The SMILES string of the molecule is CCOC(=O)CCNC(=O)C[n+]1ccn(C[C@@]2(C)[C@H](C(=O)[O-])N3C(=O)CC3S2(=O)=O)n1. The van der Waals surface area contributed by atoms with E-state index in [0.29, 0.717) is 0 Å². The van der Waals surface area contributed by atoms with Crippen molar-refractivity contribution in [3.05, 3.63) is 12.4 Å². The Balaban J connectivity index is 1.66. The number of rotatable bonds is 9. The Bertz CT molecular complexity index is 1020. The van der Waals surface area contributed by atoms with E-state index in [9.17, 15) is 32.7 Å². The molecule has 0 bridgehead atoms. The average molecular weight is 457 g/mol. The molecule has 1 aromatic rings. The van der Waals surface area contributed by atoms with Gasteiger partial charge in [-0.25, -0.2) is 8.42 Å². The smallest absolute Gasteiger partial charge is 0.307 e. The fraction of sp³-hybridized carbons (Fsp3) is 0.647. The van der Waals surface area contributed by atoms with Crippen LogP contribution in [0.4, 0.5) is 0 Å². The maximum Gasteiger partial charge on any atom is 0.307 e. The number of aromatic nitrogens is 3. The number of esters is 1. The summed E-state index contributed by atoms with van der Waals surface area (Å²) in [5, 5.41) is 17.1. The number of hydrogen-bond donors (Lipinski definition) is 1. The molecular weight excluding hydrogens is 434 g/mol. The highest BCUT2D eigenvalue weighted by Crippen LogP contribution is 2.46. The van der Waals surface area contributed by atoms with Gasteiger partial charge in [0.05, 0.1) is 36.7 Å². The summed E-state index contributed by atoms with van der Waals surface area (Å²) in [7, 11) is -4.00. The van der Waals surface area contributed by atoms with Crippen molar-refractivity contribution in [1.29, 1.82) is 0 Å². The highest BCUT2D eigenvalue weighted by molar-refractivity contribution is 7.93. The van der Waals surface area contributed by atoms with Crippen LogP contribution in [0.15, 0.2) is 12.4 Å². The quantitative estimate of drug-likeness (QED) is 0.221. The van der Waals surface area contributed by atoms with E-state index in [-0.39, 0.29) is 39.1 Å². The number of carbonyl (C=O) groups is 4. The fourth-order valence-corrected chi connectivity index (χ4v) is 6.22. The standard InChI is InChI=1S/C17H23N5O8S/c1-3-30-14(25)4-5-18-11(23)9-20-6-7-21(19-20)10-17(2)15(16(26)27)22-12(24)8-13(22)31(17,28)29/h6-7,13,15H,3-5,8-10H2,1-2H3,(H-,18,23,26,27)/t13?,15-,17-/m0/s1. The van der Waals surface area contributed by atoms with Gasteiger partial charge in [-0.15, -0.1) is 9.36 Å². The Hall–Kier alpha value is -3.03. The molecule has 2 saturated heterocycles.